The standard InChI is InChI=1S/C23H31N5O3/c1-16-11-17-13-28(22(29)15-26(2)3)14-20(17)25-23(16)27-9-7-18(8-10-27)31-19-5-6-21(30-4)24-12-19/h5-6,11-12,18H,7-10,13-15H2,1-4H3. The number of likely N-dealkylation sites (N-methyl/N-ethyl adjacent to an activating group) is 1. The van der Waals surface area contributed by atoms with E-state index in [1.807, 2.05) is 36.0 Å². The average molecular weight is 426 g/mol. The molecule has 4 rings (SSSR count). The summed E-state index contributed by atoms with van der Waals surface area (Å²) in [5.74, 6) is 2.54. The maximum atomic E-state index is 12.4. The molecule has 166 valence electrons. The van der Waals surface area contributed by atoms with Gasteiger partial charge in [-0.2, -0.15) is 0 Å². The van der Waals surface area contributed by atoms with Gasteiger partial charge in [-0.1, -0.05) is 0 Å². The Morgan fingerprint density at radius 3 is 2.65 bits per heavy atom. The lowest BCUT2D eigenvalue weighted by Gasteiger charge is -2.34. The molecule has 0 atom stereocenters. The fourth-order valence-electron chi connectivity index (χ4n) is 4.22. The van der Waals surface area contributed by atoms with E-state index in [2.05, 4.69) is 22.9 Å². The van der Waals surface area contributed by atoms with E-state index in [0.717, 1.165) is 43.2 Å². The number of pyridine rings is 2. The van der Waals surface area contributed by atoms with E-state index >= 15 is 0 Å². The van der Waals surface area contributed by atoms with E-state index in [0.29, 0.717) is 25.5 Å². The van der Waals surface area contributed by atoms with Crippen molar-refractivity contribution in [2.45, 2.75) is 39.0 Å². The molecule has 31 heavy (non-hydrogen) atoms. The maximum Gasteiger partial charge on any atom is 0.237 e. The first-order valence-corrected chi connectivity index (χ1v) is 10.8. The van der Waals surface area contributed by atoms with E-state index in [1.165, 1.54) is 11.1 Å². The second-order valence-corrected chi connectivity index (χ2v) is 8.56. The molecule has 2 aromatic rings. The molecular weight excluding hydrogens is 394 g/mol. The highest BCUT2D eigenvalue weighted by molar-refractivity contribution is 5.79. The lowest BCUT2D eigenvalue weighted by Crippen LogP contribution is -2.39. The topological polar surface area (TPSA) is 71.0 Å². The summed E-state index contributed by atoms with van der Waals surface area (Å²) in [6.07, 6.45) is 3.73. The van der Waals surface area contributed by atoms with Gasteiger partial charge in [0.05, 0.1) is 32.1 Å². The summed E-state index contributed by atoms with van der Waals surface area (Å²) in [7, 11) is 5.44. The lowest BCUT2D eigenvalue weighted by molar-refractivity contribution is -0.132. The number of fused-ring (bicyclic) bond motifs is 1. The molecule has 0 unspecified atom stereocenters. The summed E-state index contributed by atoms with van der Waals surface area (Å²) in [6, 6.07) is 5.91. The molecule has 0 N–H and O–H groups in total. The fourth-order valence-corrected chi connectivity index (χ4v) is 4.22. The Morgan fingerprint density at radius 2 is 2.00 bits per heavy atom. The number of nitrogens with zero attached hydrogens (tertiary/aromatic N) is 5. The van der Waals surface area contributed by atoms with Gasteiger partial charge >= 0.3 is 0 Å². The number of carbonyl (C=O) groups is 1. The van der Waals surface area contributed by atoms with E-state index in [4.69, 9.17) is 14.5 Å². The minimum atomic E-state index is 0.146. The summed E-state index contributed by atoms with van der Waals surface area (Å²) < 4.78 is 11.2. The van der Waals surface area contributed by atoms with Crippen molar-refractivity contribution in [3.8, 4) is 11.6 Å². The smallest absolute Gasteiger partial charge is 0.237 e. The molecule has 2 aliphatic rings. The van der Waals surface area contributed by atoms with Gasteiger partial charge in [-0.15, -0.1) is 0 Å². The number of carbonyl (C=O) groups excluding carboxylic acids is 1. The van der Waals surface area contributed by atoms with Crippen LogP contribution in [0.2, 0.25) is 0 Å². The largest absolute Gasteiger partial charge is 0.489 e. The van der Waals surface area contributed by atoms with Gasteiger partial charge < -0.3 is 24.2 Å². The van der Waals surface area contributed by atoms with Crippen LogP contribution in [-0.2, 0) is 17.9 Å². The number of hydrogen-bond acceptors (Lipinski definition) is 7. The van der Waals surface area contributed by atoms with E-state index in [-0.39, 0.29) is 12.0 Å². The number of anilines is 1. The molecule has 0 radical (unpaired) electrons. The summed E-state index contributed by atoms with van der Waals surface area (Å²) >= 11 is 0. The summed E-state index contributed by atoms with van der Waals surface area (Å²) in [4.78, 5) is 27.8. The first-order chi connectivity index (χ1) is 14.9. The van der Waals surface area contributed by atoms with E-state index in [9.17, 15) is 4.79 Å². The average Bonchev–Trinajstić information content (AvgIpc) is 3.17. The molecule has 1 amide bonds. The SMILES string of the molecule is COc1ccc(OC2CCN(c3nc4c(cc3C)CN(C(=O)CN(C)C)C4)CC2)cn1. The van der Waals surface area contributed by atoms with Crippen LogP contribution in [0.5, 0.6) is 11.6 Å². The van der Waals surface area contributed by atoms with Crippen molar-refractivity contribution in [1.82, 2.24) is 19.8 Å². The van der Waals surface area contributed by atoms with Crippen LogP contribution in [0.1, 0.15) is 29.7 Å². The zero-order valence-electron chi connectivity index (χ0n) is 18.8. The van der Waals surface area contributed by atoms with Crippen LogP contribution in [0.25, 0.3) is 0 Å². The van der Waals surface area contributed by atoms with E-state index in [1.54, 1.807) is 13.3 Å². The molecule has 0 bridgehead atoms. The molecule has 0 aromatic carbocycles. The Balaban J connectivity index is 1.36. The predicted molar refractivity (Wildman–Crippen MR) is 118 cm³/mol. The minimum Gasteiger partial charge on any atom is -0.489 e. The van der Waals surface area contributed by atoms with Gasteiger partial charge in [0.2, 0.25) is 11.8 Å². The monoisotopic (exact) mass is 425 g/mol. The zero-order valence-corrected chi connectivity index (χ0v) is 18.8. The highest BCUT2D eigenvalue weighted by atomic mass is 16.5. The number of rotatable bonds is 6. The molecule has 0 saturated carbocycles. The highest BCUT2D eigenvalue weighted by Gasteiger charge is 2.28. The van der Waals surface area contributed by atoms with Crippen molar-refractivity contribution in [3.63, 3.8) is 0 Å². The minimum absolute atomic E-state index is 0.146. The summed E-state index contributed by atoms with van der Waals surface area (Å²) in [5, 5.41) is 0. The molecule has 8 nitrogen and oxygen atoms in total. The van der Waals surface area contributed by atoms with Crippen LogP contribution in [0, 0.1) is 6.92 Å². The lowest BCUT2D eigenvalue weighted by atomic mass is 10.1. The van der Waals surface area contributed by atoms with Crippen molar-refractivity contribution in [1.29, 1.82) is 0 Å². The number of ether oxygens (including phenoxy) is 2. The Morgan fingerprint density at radius 1 is 1.23 bits per heavy atom. The van der Waals surface area contributed by atoms with Gasteiger partial charge in [0.25, 0.3) is 0 Å². The third-order valence-electron chi connectivity index (χ3n) is 5.82. The van der Waals surface area contributed by atoms with Crippen molar-refractivity contribution in [2.24, 2.45) is 0 Å². The second-order valence-electron chi connectivity index (χ2n) is 8.56. The van der Waals surface area contributed by atoms with Crippen LogP contribution in [0.4, 0.5) is 5.82 Å². The Bertz CT molecular complexity index is 924. The van der Waals surface area contributed by atoms with Crippen LogP contribution in [0.3, 0.4) is 0 Å². The summed E-state index contributed by atoms with van der Waals surface area (Å²) in [5.41, 5.74) is 3.35. The zero-order chi connectivity index (χ0) is 22.0. The van der Waals surface area contributed by atoms with E-state index < -0.39 is 0 Å². The molecule has 2 aromatic heterocycles. The Kier molecular flexibility index (Phi) is 6.27. The van der Waals surface area contributed by atoms with Crippen LogP contribution in [0.15, 0.2) is 24.4 Å². The first-order valence-electron chi connectivity index (χ1n) is 10.8. The van der Waals surface area contributed by atoms with Gasteiger partial charge in [0.15, 0.2) is 0 Å². The third kappa shape index (κ3) is 4.90. The Labute approximate surface area is 183 Å². The second kappa shape index (κ2) is 9.09. The first kappa shape index (κ1) is 21.4. The number of piperidine rings is 1. The van der Waals surface area contributed by atoms with Gasteiger partial charge in [0.1, 0.15) is 17.7 Å². The highest BCUT2D eigenvalue weighted by Crippen LogP contribution is 2.30. The molecule has 0 aliphatic carbocycles. The number of hydrogen-bond donors (Lipinski definition) is 0. The van der Waals surface area contributed by atoms with Gasteiger partial charge in [0, 0.05) is 38.5 Å². The number of aromatic nitrogens is 2. The molecule has 1 saturated heterocycles. The van der Waals surface area contributed by atoms with Gasteiger partial charge in [-0.3, -0.25) is 4.79 Å². The van der Waals surface area contributed by atoms with Gasteiger partial charge in [-0.25, -0.2) is 9.97 Å². The quantitative estimate of drug-likeness (QED) is 0.703. The van der Waals surface area contributed by atoms with Crippen LogP contribution < -0.4 is 14.4 Å². The predicted octanol–water partition coefficient (Wildman–Crippen LogP) is 2.25. The fraction of sp³-hybridized carbons (Fsp3) is 0.522. The molecule has 0 spiro atoms. The molecule has 1 fully saturated rings. The van der Waals surface area contributed by atoms with Crippen molar-refractivity contribution >= 4 is 11.7 Å². The van der Waals surface area contributed by atoms with Crippen molar-refractivity contribution in [3.05, 3.63) is 41.2 Å². The number of aryl methyl sites for hydroxylation is 1. The number of methoxy groups -OCH3 is 1. The summed E-state index contributed by atoms with van der Waals surface area (Å²) in [6.45, 7) is 5.57. The molecule has 4 heterocycles. The van der Waals surface area contributed by atoms with Crippen molar-refractivity contribution in [2.75, 3.05) is 45.7 Å². The van der Waals surface area contributed by atoms with Crippen LogP contribution in [-0.4, -0.2) is 72.6 Å². The maximum absolute atomic E-state index is 12.4. The van der Waals surface area contributed by atoms with Crippen LogP contribution >= 0.6 is 0 Å². The third-order valence-corrected chi connectivity index (χ3v) is 5.82. The molecular formula is C23H31N5O3. The Hall–Kier alpha value is -2.87. The molecule has 8 heteroatoms. The number of amides is 1. The van der Waals surface area contributed by atoms with Crippen molar-refractivity contribution < 1.29 is 14.3 Å². The molecule has 2 aliphatic heterocycles. The normalized spacial score (nSPS) is 16.5. The van der Waals surface area contributed by atoms with Gasteiger partial charge in [-0.05, 0) is 44.3 Å².